The molecular formula is C11H10O4. The van der Waals surface area contributed by atoms with E-state index in [-0.39, 0.29) is 5.75 Å². The molecule has 0 unspecified atom stereocenters. The molecule has 0 atom stereocenters. The average Bonchev–Trinajstić information content (AvgIpc) is 2.27. The molecule has 0 aliphatic heterocycles. The third kappa shape index (κ3) is 2.64. The van der Waals surface area contributed by atoms with E-state index in [4.69, 9.17) is 4.74 Å². The number of phenolic OH excluding ortho intramolecular Hbond substituents is 1. The van der Waals surface area contributed by atoms with Crippen LogP contribution in [0, 0.1) is 11.8 Å². The minimum absolute atomic E-state index is 0.0867. The Labute approximate surface area is 87.4 Å². The fourth-order valence-electron chi connectivity index (χ4n) is 0.957. The highest BCUT2D eigenvalue weighted by Crippen LogP contribution is 2.28. The first-order valence-corrected chi connectivity index (χ1v) is 4.15. The maximum absolute atomic E-state index is 10.7. The Hall–Kier alpha value is -2.15. The van der Waals surface area contributed by atoms with E-state index in [0.29, 0.717) is 11.3 Å². The molecule has 0 bridgehead atoms. The van der Waals surface area contributed by atoms with E-state index in [2.05, 4.69) is 16.6 Å². The molecule has 0 saturated heterocycles. The molecule has 1 aromatic rings. The third-order valence-corrected chi connectivity index (χ3v) is 1.70. The lowest BCUT2D eigenvalue weighted by Gasteiger charge is -2.03. The van der Waals surface area contributed by atoms with E-state index in [1.807, 2.05) is 0 Å². The SMILES string of the molecule is COC(=O)C#Cc1cccc(OC)c1O. The second-order valence-electron chi connectivity index (χ2n) is 2.60. The number of rotatable bonds is 1. The average molecular weight is 206 g/mol. The summed E-state index contributed by atoms with van der Waals surface area (Å²) < 4.78 is 9.23. The van der Waals surface area contributed by atoms with Crippen LogP contribution in [0.3, 0.4) is 0 Å². The molecule has 0 saturated carbocycles. The summed E-state index contributed by atoms with van der Waals surface area (Å²) in [4.78, 5) is 10.7. The molecule has 4 heteroatoms. The van der Waals surface area contributed by atoms with Gasteiger partial charge in [0.2, 0.25) is 0 Å². The number of carbonyl (C=O) groups is 1. The van der Waals surface area contributed by atoms with Crippen LogP contribution in [-0.2, 0) is 9.53 Å². The molecule has 78 valence electrons. The molecule has 0 heterocycles. The van der Waals surface area contributed by atoms with Crippen LogP contribution in [0.5, 0.6) is 11.5 Å². The number of aromatic hydroxyl groups is 1. The Bertz CT molecular complexity index is 426. The topological polar surface area (TPSA) is 55.8 Å². The van der Waals surface area contributed by atoms with Gasteiger partial charge in [0, 0.05) is 5.92 Å². The van der Waals surface area contributed by atoms with Crippen LogP contribution in [-0.4, -0.2) is 25.3 Å². The van der Waals surface area contributed by atoms with E-state index in [0.717, 1.165) is 0 Å². The maximum atomic E-state index is 10.7. The van der Waals surface area contributed by atoms with Crippen molar-refractivity contribution >= 4 is 5.97 Å². The van der Waals surface area contributed by atoms with Crippen molar-refractivity contribution in [1.82, 2.24) is 0 Å². The van der Waals surface area contributed by atoms with Crippen LogP contribution in [0.25, 0.3) is 0 Å². The highest BCUT2D eigenvalue weighted by Gasteiger charge is 2.04. The number of ether oxygens (including phenoxy) is 2. The van der Waals surface area contributed by atoms with Gasteiger partial charge in [-0.1, -0.05) is 12.0 Å². The van der Waals surface area contributed by atoms with E-state index in [1.165, 1.54) is 14.2 Å². The molecule has 1 N–H and O–H groups in total. The molecule has 4 nitrogen and oxygen atoms in total. The minimum Gasteiger partial charge on any atom is -0.503 e. The van der Waals surface area contributed by atoms with Crippen molar-refractivity contribution in [3.8, 4) is 23.3 Å². The first-order valence-electron chi connectivity index (χ1n) is 4.15. The van der Waals surface area contributed by atoms with Gasteiger partial charge in [0.1, 0.15) is 0 Å². The number of benzene rings is 1. The summed E-state index contributed by atoms with van der Waals surface area (Å²) in [6, 6.07) is 4.84. The predicted molar refractivity (Wildman–Crippen MR) is 53.6 cm³/mol. The first kappa shape index (κ1) is 10.9. The van der Waals surface area contributed by atoms with Crippen LogP contribution in [0.15, 0.2) is 18.2 Å². The zero-order valence-corrected chi connectivity index (χ0v) is 8.40. The highest BCUT2D eigenvalue weighted by atomic mass is 16.5. The molecular weight excluding hydrogens is 196 g/mol. The van der Waals surface area contributed by atoms with Crippen molar-refractivity contribution in [2.24, 2.45) is 0 Å². The van der Waals surface area contributed by atoms with Crippen LogP contribution >= 0.6 is 0 Å². The number of carbonyl (C=O) groups excluding carboxylic acids is 1. The summed E-state index contributed by atoms with van der Waals surface area (Å²) in [7, 11) is 2.68. The van der Waals surface area contributed by atoms with Gasteiger partial charge in [-0.15, -0.1) is 0 Å². The molecule has 0 fully saturated rings. The smallest absolute Gasteiger partial charge is 0.384 e. The summed E-state index contributed by atoms with van der Waals surface area (Å²) in [5, 5.41) is 9.59. The number of methoxy groups -OCH3 is 2. The number of hydrogen-bond acceptors (Lipinski definition) is 4. The van der Waals surface area contributed by atoms with E-state index in [1.54, 1.807) is 18.2 Å². The standard InChI is InChI=1S/C11H10O4/c1-14-9-5-3-4-8(11(9)13)6-7-10(12)15-2/h3-5,13H,1-2H3. The second kappa shape index (κ2) is 4.91. The van der Waals surface area contributed by atoms with E-state index < -0.39 is 5.97 Å². The molecule has 1 aromatic carbocycles. The largest absolute Gasteiger partial charge is 0.503 e. The van der Waals surface area contributed by atoms with Gasteiger partial charge in [0.05, 0.1) is 19.8 Å². The minimum atomic E-state index is -0.655. The molecule has 0 aliphatic rings. The van der Waals surface area contributed by atoms with Crippen molar-refractivity contribution in [1.29, 1.82) is 0 Å². The Kier molecular flexibility index (Phi) is 3.58. The summed E-state index contributed by atoms with van der Waals surface area (Å²) in [5.74, 6) is 4.27. The highest BCUT2D eigenvalue weighted by molar-refractivity contribution is 5.89. The van der Waals surface area contributed by atoms with Crippen molar-refractivity contribution in [2.45, 2.75) is 0 Å². The second-order valence-corrected chi connectivity index (χ2v) is 2.60. The van der Waals surface area contributed by atoms with E-state index >= 15 is 0 Å². The van der Waals surface area contributed by atoms with Gasteiger partial charge in [-0.2, -0.15) is 0 Å². The zero-order chi connectivity index (χ0) is 11.3. The lowest BCUT2D eigenvalue weighted by molar-refractivity contribution is -0.133. The van der Waals surface area contributed by atoms with Gasteiger partial charge in [-0.25, -0.2) is 4.79 Å². The predicted octanol–water partition coefficient (Wildman–Crippen LogP) is 0.925. The summed E-state index contributed by atoms with van der Waals surface area (Å²) in [5.41, 5.74) is 0.319. The van der Waals surface area contributed by atoms with Gasteiger partial charge in [-0.3, -0.25) is 0 Å². The summed E-state index contributed by atoms with van der Waals surface area (Å²) >= 11 is 0. The van der Waals surface area contributed by atoms with Crippen LogP contribution < -0.4 is 4.74 Å². The van der Waals surface area contributed by atoms with Gasteiger partial charge >= 0.3 is 5.97 Å². The normalized spacial score (nSPS) is 8.67. The van der Waals surface area contributed by atoms with Crippen molar-refractivity contribution < 1.29 is 19.4 Å². The Morgan fingerprint density at radius 2 is 2.13 bits per heavy atom. The van der Waals surface area contributed by atoms with Crippen molar-refractivity contribution in [3.05, 3.63) is 23.8 Å². The number of esters is 1. The molecule has 0 aliphatic carbocycles. The van der Waals surface area contributed by atoms with Gasteiger partial charge in [0.15, 0.2) is 11.5 Å². The third-order valence-electron chi connectivity index (χ3n) is 1.70. The lowest BCUT2D eigenvalue weighted by Crippen LogP contribution is -1.94. The molecule has 1 rings (SSSR count). The van der Waals surface area contributed by atoms with Crippen molar-refractivity contribution in [3.63, 3.8) is 0 Å². The molecule has 15 heavy (non-hydrogen) atoms. The van der Waals surface area contributed by atoms with Crippen LogP contribution in [0.2, 0.25) is 0 Å². The quantitative estimate of drug-likeness (QED) is 0.548. The Balaban J connectivity index is 3.04. The molecule has 0 amide bonds. The summed E-state index contributed by atoms with van der Waals surface area (Å²) in [6.07, 6.45) is 0. The monoisotopic (exact) mass is 206 g/mol. The van der Waals surface area contributed by atoms with Crippen LogP contribution in [0.4, 0.5) is 0 Å². The number of hydrogen-bond donors (Lipinski definition) is 1. The van der Waals surface area contributed by atoms with E-state index in [9.17, 15) is 9.90 Å². The zero-order valence-electron chi connectivity index (χ0n) is 8.40. The molecule has 0 spiro atoms. The molecule has 0 radical (unpaired) electrons. The molecule has 0 aromatic heterocycles. The summed E-state index contributed by atoms with van der Waals surface area (Å²) in [6.45, 7) is 0. The fourth-order valence-corrected chi connectivity index (χ4v) is 0.957. The Morgan fingerprint density at radius 3 is 2.73 bits per heavy atom. The fraction of sp³-hybridized carbons (Fsp3) is 0.182. The Morgan fingerprint density at radius 1 is 1.40 bits per heavy atom. The maximum Gasteiger partial charge on any atom is 0.384 e. The van der Waals surface area contributed by atoms with Gasteiger partial charge in [-0.05, 0) is 12.1 Å². The number of phenols is 1. The number of para-hydroxylation sites is 1. The lowest BCUT2D eigenvalue weighted by atomic mass is 10.2. The first-order chi connectivity index (χ1) is 7.19. The van der Waals surface area contributed by atoms with Gasteiger partial charge in [0.25, 0.3) is 0 Å². The van der Waals surface area contributed by atoms with Crippen LogP contribution in [0.1, 0.15) is 5.56 Å². The van der Waals surface area contributed by atoms with Gasteiger partial charge < -0.3 is 14.6 Å². The van der Waals surface area contributed by atoms with Crippen molar-refractivity contribution in [2.75, 3.05) is 14.2 Å².